The van der Waals surface area contributed by atoms with E-state index in [1.54, 1.807) is 0 Å². The monoisotopic (exact) mass is 268 g/mol. The molecule has 1 atom stereocenters. The SMILES string of the molecule is N/C(=N/O)c1cc(F)ccc1OCC1CCCCO1. The molecule has 5 nitrogen and oxygen atoms in total. The molecule has 0 amide bonds. The summed E-state index contributed by atoms with van der Waals surface area (Å²) in [6, 6.07) is 3.91. The molecule has 0 radical (unpaired) electrons. The number of ether oxygens (including phenoxy) is 2. The first-order chi connectivity index (χ1) is 9.20. The molecular formula is C13H17FN2O3. The second kappa shape index (κ2) is 6.38. The van der Waals surface area contributed by atoms with Gasteiger partial charge in [-0.25, -0.2) is 4.39 Å². The molecule has 1 aliphatic heterocycles. The number of halogens is 1. The molecule has 0 bridgehead atoms. The quantitative estimate of drug-likeness (QED) is 0.378. The van der Waals surface area contributed by atoms with Gasteiger partial charge in [0.2, 0.25) is 0 Å². The Hall–Kier alpha value is -1.82. The van der Waals surface area contributed by atoms with E-state index in [2.05, 4.69) is 5.16 Å². The van der Waals surface area contributed by atoms with Crippen LogP contribution in [0, 0.1) is 5.82 Å². The molecule has 1 aliphatic rings. The van der Waals surface area contributed by atoms with Gasteiger partial charge in [0.05, 0.1) is 11.7 Å². The van der Waals surface area contributed by atoms with Crippen LogP contribution in [0.5, 0.6) is 5.75 Å². The summed E-state index contributed by atoms with van der Waals surface area (Å²) >= 11 is 0. The Labute approximate surface area is 110 Å². The highest BCUT2D eigenvalue weighted by Crippen LogP contribution is 2.21. The zero-order valence-electron chi connectivity index (χ0n) is 10.5. The molecule has 2 rings (SSSR count). The molecule has 3 N–H and O–H groups in total. The normalized spacial score (nSPS) is 20.3. The molecule has 0 saturated carbocycles. The number of rotatable bonds is 4. The molecular weight excluding hydrogens is 251 g/mol. The molecule has 0 spiro atoms. The lowest BCUT2D eigenvalue weighted by molar-refractivity contribution is -0.0111. The Morgan fingerprint density at radius 2 is 2.37 bits per heavy atom. The number of oxime groups is 1. The van der Waals surface area contributed by atoms with E-state index in [1.165, 1.54) is 18.2 Å². The van der Waals surface area contributed by atoms with Crippen molar-refractivity contribution in [3.63, 3.8) is 0 Å². The van der Waals surface area contributed by atoms with Crippen molar-refractivity contribution in [3.8, 4) is 5.75 Å². The Bertz CT molecular complexity index is 459. The van der Waals surface area contributed by atoms with E-state index >= 15 is 0 Å². The van der Waals surface area contributed by atoms with Crippen molar-refractivity contribution in [1.82, 2.24) is 0 Å². The number of nitrogens with zero attached hydrogens (tertiary/aromatic N) is 1. The van der Waals surface area contributed by atoms with Crippen LogP contribution in [0.4, 0.5) is 4.39 Å². The second-order valence-electron chi connectivity index (χ2n) is 4.43. The fourth-order valence-electron chi connectivity index (χ4n) is 2.00. The fourth-order valence-corrected chi connectivity index (χ4v) is 2.00. The first-order valence-electron chi connectivity index (χ1n) is 6.22. The summed E-state index contributed by atoms with van der Waals surface area (Å²) in [5.74, 6) is -0.271. The zero-order chi connectivity index (χ0) is 13.7. The van der Waals surface area contributed by atoms with Crippen molar-refractivity contribution >= 4 is 5.84 Å². The van der Waals surface area contributed by atoms with Crippen LogP contribution in [-0.4, -0.2) is 30.4 Å². The number of nitrogens with two attached hydrogens (primary N) is 1. The molecule has 104 valence electrons. The third kappa shape index (κ3) is 3.57. The predicted octanol–water partition coefficient (Wildman–Crippen LogP) is 1.87. The molecule has 1 aromatic rings. The summed E-state index contributed by atoms with van der Waals surface area (Å²) in [7, 11) is 0. The third-order valence-corrected chi connectivity index (χ3v) is 3.02. The maximum atomic E-state index is 13.2. The molecule has 0 aliphatic carbocycles. The van der Waals surface area contributed by atoms with Crippen molar-refractivity contribution in [1.29, 1.82) is 0 Å². The lowest BCUT2D eigenvalue weighted by Crippen LogP contribution is -2.26. The first-order valence-corrected chi connectivity index (χ1v) is 6.22. The average molecular weight is 268 g/mol. The Morgan fingerprint density at radius 1 is 1.53 bits per heavy atom. The van der Waals surface area contributed by atoms with E-state index < -0.39 is 5.82 Å². The maximum absolute atomic E-state index is 13.2. The smallest absolute Gasteiger partial charge is 0.173 e. The molecule has 1 heterocycles. The Morgan fingerprint density at radius 3 is 3.05 bits per heavy atom. The van der Waals surface area contributed by atoms with Gasteiger partial charge >= 0.3 is 0 Å². The van der Waals surface area contributed by atoms with Gasteiger partial charge in [0.25, 0.3) is 0 Å². The highest BCUT2D eigenvalue weighted by Gasteiger charge is 2.16. The number of hydrogen-bond donors (Lipinski definition) is 2. The van der Waals surface area contributed by atoms with Crippen molar-refractivity contribution < 1.29 is 19.1 Å². The minimum atomic E-state index is -0.470. The van der Waals surface area contributed by atoms with Gasteiger partial charge in [0.1, 0.15) is 18.2 Å². The summed E-state index contributed by atoms with van der Waals surface area (Å²) in [6.07, 6.45) is 3.17. The Balaban J connectivity index is 2.06. The van der Waals surface area contributed by atoms with Gasteiger partial charge in [-0.2, -0.15) is 0 Å². The summed E-state index contributed by atoms with van der Waals surface area (Å²) in [5.41, 5.74) is 5.73. The van der Waals surface area contributed by atoms with Crippen molar-refractivity contribution in [2.75, 3.05) is 13.2 Å². The van der Waals surface area contributed by atoms with Gasteiger partial charge in [-0.1, -0.05) is 5.16 Å². The van der Waals surface area contributed by atoms with Crippen LogP contribution < -0.4 is 10.5 Å². The molecule has 0 aromatic heterocycles. The summed E-state index contributed by atoms with van der Waals surface area (Å²) < 4.78 is 24.3. The molecule has 6 heteroatoms. The van der Waals surface area contributed by atoms with Crippen LogP contribution in [0.3, 0.4) is 0 Å². The van der Waals surface area contributed by atoms with Crippen molar-refractivity contribution in [3.05, 3.63) is 29.6 Å². The highest BCUT2D eigenvalue weighted by molar-refractivity contribution is 5.99. The lowest BCUT2D eigenvalue weighted by atomic mass is 10.1. The van der Waals surface area contributed by atoms with Gasteiger partial charge in [0.15, 0.2) is 5.84 Å². The molecule has 1 unspecified atom stereocenters. The predicted molar refractivity (Wildman–Crippen MR) is 68.0 cm³/mol. The van der Waals surface area contributed by atoms with Crippen molar-refractivity contribution in [2.24, 2.45) is 10.9 Å². The summed E-state index contributed by atoms with van der Waals surface area (Å²) in [5, 5.41) is 11.6. The van der Waals surface area contributed by atoms with Gasteiger partial charge in [-0.05, 0) is 37.5 Å². The van der Waals surface area contributed by atoms with Gasteiger partial charge < -0.3 is 20.4 Å². The highest BCUT2D eigenvalue weighted by atomic mass is 19.1. The number of amidine groups is 1. The van der Waals surface area contributed by atoms with Crippen LogP contribution >= 0.6 is 0 Å². The fraction of sp³-hybridized carbons (Fsp3) is 0.462. The standard InChI is InChI=1S/C13H17FN2O3/c14-9-4-5-12(11(7-9)13(15)16-17)19-8-10-3-1-2-6-18-10/h4-5,7,10,17H,1-3,6,8H2,(H2,15,16). The van der Waals surface area contributed by atoms with Crippen molar-refractivity contribution in [2.45, 2.75) is 25.4 Å². The number of hydrogen-bond acceptors (Lipinski definition) is 4. The summed E-state index contributed by atoms with van der Waals surface area (Å²) in [6.45, 7) is 1.11. The van der Waals surface area contributed by atoms with E-state index in [4.69, 9.17) is 20.4 Å². The van der Waals surface area contributed by atoms with Gasteiger partial charge in [-0.3, -0.25) is 0 Å². The minimum absolute atomic E-state index is 0.0407. The van der Waals surface area contributed by atoms with Crippen LogP contribution in [-0.2, 0) is 4.74 Å². The first kappa shape index (κ1) is 13.6. The molecule has 19 heavy (non-hydrogen) atoms. The van der Waals surface area contributed by atoms with Gasteiger partial charge in [0, 0.05) is 6.61 Å². The van der Waals surface area contributed by atoms with E-state index in [-0.39, 0.29) is 17.5 Å². The van der Waals surface area contributed by atoms with E-state index in [0.29, 0.717) is 12.4 Å². The topological polar surface area (TPSA) is 77.1 Å². The molecule has 1 aromatic carbocycles. The maximum Gasteiger partial charge on any atom is 0.173 e. The van der Waals surface area contributed by atoms with Crippen LogP contribution in [0.2, 0.25) is 0 Å². The molecule has 1 saturated heterocycles. The van der Waals surface area contributed by atoms with E-state index in [9.17, 15) is 4.39 Å². The van der Waals surface area contributed by atoms with Crippen LogP contribution in [0.15, 0.2) is 23.4 Å². The largest absolute Gasteiger partial charge is 0.490 e. The summed E-state index contributed by atoms with van der Waals surface area (Å²) in [4.78, 5) is 0. The van der Waals surface area contributed by atoms with Crippen LogP contribution in [0.25, 0.3) is 0 Å². The molecule has 1 fully saturated rings. The van der Waals surface area contributed by atoms with E-state index in [1.807, 2.05) is 0 Å². The third-order valence-electron chi connectivity index (χ3n) is 3.02. The minimum Gasteiger partial charge on any atom is -0.490 e. The zero-order valence-corrected chi connectivity index (χ0v) is 10.5. The lowest BCUT2D eigenvalue weighted by Gasteiger charge is -2.23. The van der Waals surface area contributed by atoms with Crippen LogP contribution in [0.1, 0.15) is 24.8 Å². The van der Waals surface area contributed by atoms with E-state index in [0.717, 1.165) is 25.9 Å². The second-order valence-corrected chi connectivity index (χ2v) is 4.43. The van der Waals surface area contributed by atoms with Gasteiger partial charge in [-0.15, -0.1) is 0 Å². The average Bonchev–Trinajstić information content (AvgIpc) is 2.46. The Kier molecular flexibility index (Phi) is 4.57. The number of benzene rings is 1.